The number of halogens is 1. The normalized spacial score (nSPS) is 10.8. The van der Waals surface area contributed by atoms with Crippen LogP contribution in [-0.2, 0) is 20.7 Å². The van der Waals surface area contributed by atoms with Gasteiger partial charge in [0.2, 0.25) is 0 Å². The smallest absolute Gasteiger partial charge is 0.307 e. The number of hydrogen-bond acceptors (Lipinski definition) is 4. The third-order valence-corrected chi connectivity index (χ3v) is 5.41. The van der Waals surface area contributed by atoms with Crippen LogP contribution >= 0.6 is 23.4 Å². The fourth-order valence-corrected chi connectivity index (χ4v) is 3.69. The summed E-state index contributed by atoms with van der Waals surface area (Å²) < 4.78 is 5.03. The van der Waals surface area contributed by atoms with Gasteiger partial charge in [-0.3, -0.25) is 9.59 Å². The van der Waals surface area contributed by atoms with Crippen LogP contribution in [0.2, 0.25) is 5.02 Å². The molecule has 3 rings (SSSR count). The van der Waals surface area contributed by atoms with E-state index in [2.05, 4.69) is 10.3 Å². The van der Waals surface area contributed by atoms with Crippen LogP contribution in [-0.4, -0.2) is 35.8 Å². The molecule has 1 amide bonds. The van der Waals surface area contributed by atoms with E-state index in [9.17, 15) is 9.59 Å². The van der Waals surface area contributed by atoms with Crippen LogP contribution in [0.15, 0.2) is 59.6 Å². The monoisotopic (exact) mass is 416 g/mol. The van der Waals surface area contributed by atoms with E-state index in [0.29, 0.717) is 23.7 Å². The number of aromatic nitrogens is 1. The number of nitrogens with one attached hydrogen (secondary N) is 2. The summed E-state index contributed by atoms with van der Waals surface area (Å²) in [6.45, 7) is 0.239. The highest BCUT2D eigenvalue weighted by atomic mass is 35.5. The first-order valence-corrected chi connectivity index (χ1v) is 10.3. The van der Waals surface area contributed by atoms with Crippen molar-refractivity contribution in [2.75, 3.05) is 18.9 Å². The molecular formula is C21H21ClN2O3S. The van der Waals surface area contributed by atoms with E-state index in [1.54, 1.807) is 11.8 Å². The molecule has 0 spiro atoms. The molecule has 7 heteroatoms. The zero-order chi connectivity index (χ0) is 19.8. The molecule has 0 saturated carbocycles. The second kappa shape index (κ2) is 10.2. The molecule has 0 fully saturated rings. The summed E-state index contributed by atoms with van der Waals surface area (Å²) in [4.78, 5) is 27.9. The quantitative estimate of drug-likeness (QED) is 0.405. The topological polar surface area (TPSA) is 71.2 Å². The number of aromatic amines is 1. The van der Waals surface area contributed by atoms with Crippen molar-refractivity contribution >= 4 is 46.1 Å². The lowest BCUT2D eigenvalue weighted by molar-refractivity contribution is -0.148. The molecule has 5 nitrogen and oxygen atoms in total. The molecule has 146 valence electrons. The number of para-hydroxylation sites is 1. The number of ether oxygens (including phenoxy) is 1. The first-order valence-electron chi connectivity index (χ1n) is 8.97. The van der Waals surface area contributed by atoms with Crippen molar-refractivity contribution in [3.8, 4) is 0 Å². The van der Waals surface area contributed by atoms with E-state index >= 15 is 0 Å². The summed E-state index contributed by atoms with van der Waals surface area (Å²) in [5.74, 6) is -0.0883. The zero-order valence-corrected chi connectivity index (χ0v) is 16.8. The van der Waals surface area contributed by atoms with Gasteiger partial charge in [-0.2, -0.15) is 0 Å². The van der Waals surface area contributed by atoms with Crippen molar-refractivity contribution in [3.05, 3.63) is 65.3 Å². The zero-order valence-electron chi connectivity index (χ0n) is 15.2. The second-order valence-electron chi connectivity index (χ2n) is 6.17. The first kappa shape index (κ1) is 20.3. The fraction of sp³-hybridized carbons (Fsp3) is 0.238. The molecular weight excluding hydrogens is 396 g/mol. The highest BCUT2D eigenvalue weighted by molar-refractivity contribution is 7.99. The number of hydrogen-bond donors (Lipinski definition) is 2. The minimum atomic E-state index is -0.381. The Labute approximate surface area is 172 Å². The number of carbonyl (C=O) groups is 2. The third kappa shape index (κ3) is 6.04. The highest BCUT2D eigenvalue weighted by Crippen LogP contribution is 2.21. The van der Waals surface area contributed by atoms with Gasteiger partial charge in [-0.1, -0.05) is 29.8 Å². The summed E-state index contributed by atoms with van der Waals surface area (Å²) in [5, 5.41) is 4.61. The molecule has 0 aliphatic heterocycles. The molecule has 0 unspecified atom stereocenters. The van der Waals surface area contributed by atoms with Crippen molar-refractivity contribution in [2.24, 2.45) is 0 Å². The first-order chi connectivity index (χ1) is 13.6. The average molecular weight is 417 g/mol. The van der Waals surface area contributed by atoms with Crippen LogP contribution in [0.5, 0.6) is 0 Å². The van der Waals surface area contributed by atoms with Crippen LogP contribution in [0.3, 0.4) is 0 Å². The summed E-state index contributed by atoms with van der Waals surface area (Å²) in [6.07, 6.45) is 2.91. The lowest BCUT2D eigenvalue weighted by Gasteiger charge is -2.07. The van der Waals surface area contributed by atoms with Crippen LogP contribution in [0, 0.1) is 0 Å². The van der Waals surface area contributed by atoms with Gasteiger partial charge in [0.1, 0.15) is 0 Å². The van der Waals surface area contributed by atoms with Crippen molar-refractivity contribution in [1.29, 1.82) is 0 Å². The van der Waals surface area contributed by atoms with Gasteiger partial charge in [0.25, 0.3) is 5.91 Å². The van der Waals surface area contributed by atoms with Crippen molar-refractivity contribution < 1.29 is 14.3 Å². The number of esters is 1. The van der Waals surface area contributed by atoms with Gasteiger partial charge < -0.3 is 15.0 Å². The van der Waals surface area contributed by atoms with E-state index in [4.69, 9.17) is 16.3 Å². The third-order valence-electron chi connectivity index (χ3n) is 4.14. The number of benzene rings is 2. The molecule has 0 aliphatic rings. The number of amides is 1. The maximum absolute atomic E-state index is 11.9. The lowest BCUT2D eigenvalue weighted by atomic mass is 10.1. The summed E-state index contributed by atoms with van der Waals surface area (Å²) in [7, 11) is 0. The fourth-order valence-electron chi connectivity index (χ4n) is 2.73. The van der Waals surface area contributed by atoms with Crippen LogP contribution in [0.4, 0.5) is 0 Å². The van der Waals surface area contributed by atoms with Crippen LogP contribution in [0.1, 0.15) is 12.0 Å². The van der Waals surface area contributed by atoms with Crippen LogP contribution < -0.4 is 5.32 Å². The average Bonchev–Trinajstić information content (AvgIpc) is 3.11. The summed E-state index contributed by atoms with van der Waals surface area (Å²) in [5.41, 5.74) is 2.22. The maximum Gasteiger partial charge on any atom is 0.307 e. The predicted octanol–water partition coefficient (Wildman–Crippen LogP) is 4.21. The molecule has 1 aromatic heterocycles. The summed E-state index contributed by atoms with van der Waals surface area (Å²) >= 11 is 7.38. The standard InChI is InChI=1S/C21H21ClN2O3S/c22-16-5-7-17(8-6-16)28-12-10-21(26)27-14-20(25)23-11-9-15-13-24-19-4-2-1-3-18(15)19/h1-8,13,24H,9-12,14H2,(H,23,25). The molecule has 0 bridgehead atoms. The van der Waals surface area contributed by atoms with Gasteiger partial charge >= 0.3 is 5.97 Å². The second-order valence-corrected chi connectivity index (χ2v) is 7.78. The largest absolute Gasteiger partial charge is 0.456 e. The van der Waals surface area contributed by atoms with Gasteiger partial charge in [0.05, 0.1) is 6.42 Å². The molecule has 0 radical (unpaired) electrons. The Bertz CT molecular complexity index is 940. The Morgan fingerprint density at radius 2 is 1.89 bits per heavy atom. The van der Waals surface area contributed by atoms with Gasteiger partial charge in [0.15, 0.2) is 6.61 Å². The van der Waals surface area contributed by atoms with Gasteiger partial charge in [-0.05, 0) is 42.3 Å². The van der Waals surface area contributed by atoms with Crippen LogP contribution in [0.25, 0.3) is 10.9 Å². The Hall–Kier alpha value is -2.44. The number of rotatable bonds is 9. The van der Waals surface area contributed by atoms with Gasteiger partial charge in [0, 0.05) is 39.3 Å². The van der Waals surface area contributed by atoms with E-state index in [-0.39, 0.29) is 24.9 Å². The highest BCUT2D eigenvalue weighted by Gasteiger charge is 2.08. The molecule has 0 saturated heterocycles. The van der Waals surface area contributed by atoms with E-state index < -0.39 is 0 Å². The Balaban J connectivity index is 1.30. The van der Waals surface area contributed by atoms with Crippen molar-refractivity contribution in [3.63, 3.8) is 0 Å². The minimum absolute atomic E-state index is 0.246. The summed E-state index contributed by atoms with van der Waals surface area (Å²) in [6, 6.07) is 15.5. The Morgan fingerprint density at radius 1 is 1.11 bits per heavy atom. The Morgan fingerprint density at radius 3 is 2.71 bits per heavy atom. The SMILES string of the molecule is O=C(COC(=O)CCSc1ccc(Cl)cc1)NCCc1c[nH]c2ccccc12. The van der Waals surface area contributed by atoms with Gasteiger partial charge in [-0.25, -0.2) is 0 Å². The van der Waals surface area contributed by atoms with E-state index in [0.717, 1.165) is 21.4 Å². The molecule has 1 heterocycles. The Kier molecular flexibility index (Phi) is 7.39. The number of fused-ring (bicyclic) bond motifs is 1. The van der Waals surface area contributed by atoms with E-state index in [1.807, 2.05) is 54.7 Å². The molecule has 28 heavy (non-hydrogen) atoms. The maximum atomic E-state index is 11.9. The molecule has 3 aromatic rings. The van der Waals surface area contributed by atoms with E-state index in [1.165, 1.54) is 0 Å². The molecule has 0 aliphatic carbocycles. The van der Waals surface area contributed by atoms with Crippen molar-refractivity contribution in [1.82, 2.24) is 10.3 Å². The number of thioether (sulfide) groups is 1. The molecule has 2 N–H and O–H groups in total. The molecule has 2 aromatic carbocycles. The predicted molar refractivity (Wildman–Crippen MR) is 113 cm³/mol. The lowest BCUT2D eigenvalue weighted by Crippen LogP contribution is -2.30. The number of carbonyl (C=O) groups excluding carboxylic acids is 2. The van der Waals surface area contributed by atoms with Crippen molar-refractivity contribution in [2.45, 2.75) is 17.7 Å². The number of H-pyrrole nitrogens is 1. The van der Waals surface area contributed by atoms with Gasteiger partial charge in [-0.15, -0.1) is 11.8 Å². The minimum Gasteiger partial charge on any atom is -0.456 e. The molecule has 0 atom stereocenters.